The number of aromatic nitrogens is 2. The summed E-state index contributed by atoms with van der Waals surface area (Å²) in [7, 11) is 3.85. The summed E-state index contributed by atoms with van der Waals surface area (Å²) < 4.78 is 16.3. The summed E-state index contributed by atoms with van der Waals surface area (Å²) >= 11 is 31.6. The second-order valence-electron chi connectivity index (χ2n) is 25.7. The van der Waals surface area contributed by atoms with Crippen molar-refractivity contribution >= 4 is 197 Å². The molecule has 0 atom stereocenters. The number of pyridine rings is 2. The Morgan fingerprint density at radius 2 is 0.792 bits per heavy atom. The van der Waals surface area contributed by atoms with Crippen molar-refractivity contribution < 1.29 is 52.9 Å². The molecule has 4 heterocycles. The molecule has 9 aromatic rings. The number of carboxylic acids is 1. The van der Waals surface area contributed by atoms with E-state index in [1.807, 2.05) is 42.5 Å². The van der Waals surface area contributed by atoms with Crippen molar-refractivity contribution in [3.8, 4) is 30.3 Å². The number of nitrogens with two attached hydrogens (primary N) is 3. The van der Waals surface area contributed by atoms with Crippen molar-refractivity contribution in [1.29, 1.82) is 26.3 Å². The fraction of sp³-hybridized carbons (Fsp3) is 0.302. The number of esters is 3. The van der Waals surface area contributed by atoms with E-state index in [1.54, 1.807) is 72.8 Å². The van der Waals surface area contributed by atoms with E-state index in [-0.39, 0.29) is 78.6 Å². The number of rotatable bonds is 21. The van der Waals surface area contributed by atoms with Gasteiger partial charge in [-0.3, -0.25) is 24.0 Å². The average molecular weight is 1910 g/mol. The Bertz CT molecular complexity index is 5410. The van der Waals surface area contributed by atoms with Crippen molar-refractivity contribution in [2.75, 3.05) is 90.5 Å². The Kier molecular flexibility index (Phi) is 46.5. The monoisotopic (exact) mass is 1900 g/mol. The Balaban J connectivity index is 0.000000292. The van der Waals surface area contributed by atoms with Gasteiger partial charge in [-0.2, -0.15) is 26.3 Å². The number of para-hydroxylation sites is 7. The highest BCUT2D eigenvalue weighted by Gasteiger charge is 2.22. The fourth-order valence-electron chi connectivity index (χ4n) is 11.4. The number of alkyl halides is 3. The predicted octanol–water partition coefficient (Wildman–Crippen LogP) is 18.5. The number of nitrogens with one attached hydrogen (secondary N) is 6. The summed E-state index contributed by atoms with van der Waals surface area (Å²) in [5, 5.41) is 66.1. The molecule has 2 aliphatic rings. The van der Waals surface area contributed by atoms with Crippen LogP contribution in [0.3, 0.4) is 0 Å². The summed E-state index contributed by atoms with van der Waals surface area (Å²) in [6, 6.07) is 45.1. The van der Waals surface area contributed by atoms with Crippen LogP contribution in [0.4, 0.5) is 39.8 Å². The predicted molar refractivity (Wildman–Crippen MR) is 481 cm³/mol. The van der Waals surface area contributed by atoms with E-state index >= 15 is 0 Å². The summed E-state index contributed by atoms with van der Waals surface area (Å²) in [6.45, 7) is 1.78. The maximum Gasteiger partial charge on any atom is 0.340 e. The molecule has 0 fully saturated rings. The van der Waals surface area contributed by atoms with Gasteiger partial charge in [0.25, 0.3) is 11.1 Å². The highest BCUT2D eigenvalue weighted by atomic mass is 79.9. The number of amides is 2. The maximum absolute atomic E-state index is 12.2. The maximum atomic E-state index is 12.2. The number of H-pyrrole nitrogens is 2. The Morgan fingerprint density at radius 1 is 0.433 bits per heavy atom. The third-order valence-electron chi connectivity index (χ3n) is 17.6. The summed E-state index contributed by atoms with van der Waals surface area (Å²) in [5.41, 5.74) is 25.2. The standard InChI is InChI=1S/C15H17ClN2O3.C15H16N2O3.C13H14BrClN2O.C13H13BrN2O.C9H8N2O2.C8H6N2O2.C7H5BrN2.C6H10Cl2O/c1-21-15(20)12-7-5-6-11(10-17)14(12)18-13(19)8-3-2-4-9-16;1-20-15(19)11-7-4-6-9-12-10(5-2-3-8-16-12)14(18)17-13(9)11;14-11-6-4-5-10(9-16)13(11)17-12(18)7-2-1-3-8-15;14-10-6-3-5-8-11-9(4-1-2-7-15-11)13(17)16-12(8)10;1-13-9(12)7-4-2-3-6(5-10)8(7)11;9-4-5-2-1-3-6(7(5)10)8(11)12;8-6-3-1-2-5(4-9)7(6)10;7-5-3-1-2-4-6(8)9/h5-7H,2-4,8-9H2,1H3,(H,18,19);4,6-7,16H,2-3,5,8H2,1H3,(H,17,18);4-6H,1-3,7-8H2,(H,17,18);3,5-6,15H,1-2,4,7H2,(H,16,17);2-4H,11H2,1H3;1-3H,10H2,(H,11,12);1-3H,10H2;1-5H2. The molecule has 2 aliphatic heterocycles. The van der Waals surface area contributed by atoms with Gasteiger partial charge in [-0.1, -0.05) is 73.9 Å². The topological polar surface area (TPSA) is 478 Å². The van der Waals surface area contributed by atoms with Gasteiger partial charge in [0.1, 0.15) is 30.3 Å². The molecule has 7 aromatic carbocycles. The number of halogens is 7. The number of unbranched alkanes of at least 4 members (excludes halogenated alkanes) is 6. The minimum atomic E-state index is -1.12. The third-order valence-corrected chi connectivity index (χ3v) is 20.6. The van der Waals surface area contributed by atoms with Crippen molar-refractivity contribution in [3.63, 3.8) is 0 Å². The summed E-state index contributed by atoms with van der Waals surface area (Å²) in [6.07, 6.45) is 15.0. The van der Waals surface area contributed by atoms with Crippen LogP contribution in [-0.4, -0.2) is 108 Å². The number of hydrogen-bond acceptors (Lipinski definition) is 22. The second kappa shape index (κ2) is 55.3. The smallest absolute Gasteiger partial charge is 0.340 e. The molecule has 27 nitrogen and oxygen atoms in total. The van der Waals surface area contributed by atoms with Crippen LogP contribution in [0, 0.1) is 56.7 Å². The van der Waals surface area contributed by atoms with Crippen LogP contribution >= 0.6 is 94.2 Å². The molecule has 0 unspecified atom stereocenters. The van der Waals surface area contributed by atoms with Crippen LogP contribution in [0.5, 0.6) is 0 Å². The minimum absolute atomic E-state index is 0.0208. The summed E-state index contributed by atoms with van der Waals surface area (Å²) in [5.74, 6) is -1.12. The first-order chi connectivity index (χ1) is 57.7. The van der Waals surface area contributed by atoms with Crippen LogP contribution in [0.15, 0.2) is 150 Å². The second-order valence-corrected chi connectivity index (χ2v) is 29.8. The molecule has 120 heavy (non-hydrogen) atoms. The van der Waals surface area contributed by atoms with Crippen LogP contribution in [0.1, 0.15) is 183 Å². The van der Waals surface area contributed by atoms with Crippen molar-refractivity contribution in [2.45, 2.75) is 116 Å². The lowest BCUT2D eigenvalue weighted by Gasteiger charge is -2.12. The fourth-order valence-corrected chi connectivity index (χ4v) is 13.4. The minimum Gasteiger partial charge on any atom is -0.478 e. The van der Waals surface area contributed by atoms with Gasteiger partial charge in [0, 0.05) is 85.3 Å². The lowest BCUT2D eigenvalue weighted by molar-refractivity contribution is -0.117. The van der Waals surface area contributed by atoms with Gasteiger partial charge in [-0.15, -0.1) is 34.8 Å². The Labute approximate surface area is 739 Å². The van der Waals surface area contributed by atoms with Crippen LogP contribution in [-0.2, 0) is 41.4 Å². The van der Waals surface area contributed by atoms with Crippen LogP contribution < -0.4 is 49.6 Å². The molecule has 13 N–H and O–H groups in total. The molecular weight excluding hydrogens is 1820 g/mol. The number of fused-ring (bicyclic) bond motifs is 6. The van der Waals surface area contributed by atoms with Gasteiger partial charge >= 0.3 is 23.9 Å². The number of nitrogen functional groups attached to an aromatic ring is 3. The number of hydrogen-bond donors (Lipinski definition) is 10. The molecule has 34 heteroatoms. The number of ether oxygens (including phenoxy) is 3. The largest absolute Gasteiger partial charge is 0.478 e. The Morgan fingerprint density at radius 3 is 1.25 bits per heavy atom. The highest BCUT2D eigenvalue weighted by Crippen LogP contribution is 2.33. The zero-order valence-electron chi connectivity index (χ0n) is 65.8. The number of carboxylic acid groups (broad SMARTS) is 1. The molecule has 0 radical (unpaired) electrons. The van der Waals surface area contributed by atoms with Gasteiger partial charge in [-0.25, -0.2) is 19.2 Å². The molecule has 2 amide bonds. The van der Waals surface area contributed by atoms with E-state index in [2.05, 4.69) is 94.6 Å². The van der Waals surface area contributed by atoms with Crippen molar-refractivity contribution in [2.24, 2.45) is 0 Å². The normalized spacial score (nSPS) is 11.0. The molecule has 0 saturated heterocycles. The van der Waals surface area contributed by atoms with Crippen molar-refractivity contribution in [3.05, 3.63) is 223 Å². The molecular formula is C86H89Br3Cl4N14O13. The van der Waals surface area contributed by atoms with E-state index in [9.17, 15) is 43.2 Å². The number of aromatic amines is 2. The first-order valence-corrected chi connectivity index (χ1v) is 41.7. The molecule has 0 spiro atoms. The molecule has 0 saturated carbocycles. The molecule has 2 aromatic heterocycles. The van der Waals surface area contributed by atoms with Gasteiger partial charge in [0.2, 0.25) is 17.1 Å². The number of aromatic carboxylic acids is 1. The lowest BCUT2D eigenvalue weighted by atomic mass is 10.0. The van der Waals surface area contributed by atoms with Gasteiger partial charge in [0.15, 0.2) is 0 Å². The number of carbonyl (C=O) groups excluding carboxylic acids is 6. The SMILES string of the molecule is COC(=O)c1cccc(C#N)c1N.COC(=O)c1cccc(C#N)c1NC(=O)CCCCCCl.COC(=O)c1cccc2c3c(c(=O)[nH]c12)CCCCN3.N#Cc1cccc(Br)c1N.N#Cc1cccc(Br)c1NC(=O)CCCCCCl.N#Cc1cccc(C(=O)O)c1N.O=C(Cl)CCCCCCl.O=c1[nH]c2c(Br)cccc2c2c1CCCCN2. The van der Waals surface area contributed by atoms with E-state index in [0.29, 0.717) is 76.9 Å². The number of anilines is 7. The van der Waals surface area contributed by atoms with Crippen molar-refractivity contribution in [1.82, 2.24) is 9.97 Å². The molecule has 11 rings (SSSR count). The van der Waals surface area contributed by atoms with Crippen LogP contribution in [0.2, 0.25) is 0 Å². The zero-order valence-corrected chi connectivity index (χ0v) is 73.6. The van der Waals surface area contributed by atoms with E-state index < -0.39 is 23.9 Å². The van der Waals surface area contributed by atoms with Gasteiger partial charge < -0.3 is 67.8 Å². The van der Waals surface area contributed by atoms with E-state index in [0.717, 1.165) is 155 Å². The molecule has 630 valence electrons. The average Bonchev–Trinajstić information content (AvgIpc) is 1.18. The Hall–Kier alpha value is -11.5. The first-order valence-electron chi connectivity index (χ1n) is 37.4. The number of nitrogens with zero attached hydrogens (tertiary/aromatic N) is 5. The number of methoxy groups -OCH3 is 3. The molecule has 0 bridgehead atoms. The first kappa shape index (κ1) is 101. The summed E-state index contributed by atoms with van der Waals surface area (Å²) in [4.78, 5) is 109. The number of carbonyl (C=O) groups is 7. The third kappa shape index (κ3) is 32.0. The number of nitriles is 5. The number of benzene rings is 7. The molecule has 0 aliphatic carbocycles. The zero-order chi connectivity index (χ0) is 88.6. The van der Waals surface area contributed by atoms with E-state index in [1.165, 1.54) is 57.7 Å². The quantitative estimate of drug-likeness (QED) is 0.00797. The van der Waals surface area contributed by atoms with Crippen LogP contribution in [0.25, 0.3) is 21.8 Å². The lowest BCUT2D eigenvalue weighted by Crippen LogP contribution is -2.17. The highest BCUT2D eigenvalue weighted by molar-refractivity contribution is 9.11. The van der Waals surface area contributed by atoms with E-state index in [4.69, 9.17) is 99.8 Å². The van der Waals surface area contributed by atoms with Gasteiger partial charge in [0.05, 0.1) is 122 Å². The van der Waals surface area contributed by atoms with Gasteiger partial charge in [-0.05, 0) is 209 Å².